The Morgan fingerprint density at radius 1 is 0.645 bits per heavy atom. The second-order valence-electron chi connectivity index (χ2n) is 8.00. The van der Waals surface area contributed by atoms with Gasteiger partial charge in [0.2, 0.25) is 0 Å². The molecule has 0 amide bonds. The Bertz CT molecular complexity index is 964. The summed E-state index contributed by atoms with van der Waals surface area (Å²) >= 11 is 0. The predicted octanol–water partition coefficient (Wildman–Crippen LogP) is 7.69. The predicted molar refractivity (Wildman–Crippen MR) is 108 cm³/mol. The van der Waals surface area contributed by atoms with Gasteiger partial charge in [-0.1, -0.05) is 66.6 Å². The summed E-state index contributed by atoms with van der Waals surface area (Å²) in [6.07, 6.45) is -10.3. The van der Waals surface area contributed by atoms with Gasteiger partial charge >= 0.3 is 12.4 Å². The number of alkyl halides is 6. The zero-order valence-corrected chi connectivity index (χ0v) is 17.2. The van der Waals surface area contributed by atoms with E-state index in [0.29, 0.717) is 23.3 Å². The first-order valence-electron chi connectivity index (χ1n) is 9.64. The first kappa shape index (κ1) is 22.9. The molecular formula is C25H21F6. The molecule has 3 rings (SSSR count). The van der Waals surface area contributed by atoms with E-state index in [1.807, 2.05) is 19.9 Å². The molecule has 0 spiro atoms. The third-order valence-corrected chi connectivity index (χ3v) is 5.62. The maximum absolute atomic E-state index is 13.7. The lowest BCUT2D eigenvalue weighted by atomic mass is 9.70. The molecule has 1 radical (unpaired) electrons. The zero-order chi connectivity index (χ0) is 23.0. The van der Waals surface area contributed by atoms with Crippen LogP contribution >= 0.6 is 0 Å². The molecule has 0 aliphatic rings. The summed E-state index contributed by atoms with van der Waals surface area (Å²) in [6.45, 7) is 5.41. The van der Waals surface area contributed by atoms with Crippen molar-refractivity contribution in [3.8, 4) is 0 Å². The van der Waals surface area contributed by atoms with Crippen molar-refractivity contribution in [2.24, 2.45) is 0 Å². The highest BCUT2D eigenvalue weighted by atomic mass is 19.4. The fourth-order valence-corrected chi connectivity index (χ4v) is 3.79. The van der Waals surface area contributed by atoms with Gasteiger partial charge < -0.3 is 0 Å². The van der Waals surface area contributed by atoms with Crippen LogP contribution in [0.1, 0.15) is 45.9 Å². The highest BCUT2D eigenvalue weighted by Crippen LogP contribution is 2.44. The van der Waals surface area contributed by atoms with Crippen molar-refractivity contribution >= 4 is 0 Å². The van der Waals surface area contributed by atoms with Crippen LogP contribution in [0.5, 0.6) is 0 Å². The number of rotatable bonds is 4. The molecule has 0 bridgehead atoms. The second kappa shape index (κ2) is 8.06. The monoisotopic (exact) mass is 435 g/mol. The summed E-state index contributed by atoms with van der Waals surface area (Å²) in [5, 5.41) is 0. The maximum Gasteiger partial charge on any atom is 0.416 e. The molecule has 0 saturated heterocycles. The molecule has 31 heavy (non-hydrogen) atoms. The number of aryl methyl sites for hydroxylation is 2. The minimum atomic E-state index is -4.94. The minimum absolute atomic E-state index is 0.475. The van der Waals surface area contributed by atoms with Crippen LogP contribution in [0.2, 0.25) is 0 Å². The zero-order valence-electron chi connectivity index (χ0n) is 17.2. The van der Waals surface area contributed by atoms with E-state index in [1.165, 1.54) is 0 Å². The van der Waals surface area contributed by atoms with Crippen molar-refractivity contribution in [2.45, 2.75) is 45.0 Å². The van der Waals surface area contributed by atoms with Gasteiger partial charge in [0, 0.05) is 5.41 Å². The van der Waals surface area contributed by atoms with Gasteiger partial charge in [-0.15, -0.1) is 0 Å². The van der Waals surface area contributed by atoms with Crippen molar-refractivity contribution in [3.63, 3.8) is 0 Å². The highest BCUT2D eigenvalue weighted by Gasteiger charge is 2.43. The van der Waals surface area contributed by atoms with Crippen molar-refractivity contribution in [2.75, 3.05) is 0 Å². The molecule has 0 saturated carbocycles. The molecular weight excluding hydrogens is 414 g/mol. The van der Waals surface area contributed by atoms with Crippen LogP contribution in [0.4, 0.5) is 26.3 Å². The summed E-state index contributed by atoms with van der Waals surface area (Å²) < 4.78 is 82.3. The van der Waals surface area contributed by atoms with Crippen LogP contribution in [0.15, 0.2) is 60.7 Å². The van der Waals surface area contributed by atoms with Crippen LogP contribution < -0.4 is 0 Å². The van der Waals surface area contributed by atoms with Crippen LogP contribution in [0, 0.1) is 19.9 Å². The Labute approximate surface area is 177 Å². The van der Waals surface area contributed by atoms with Crippen LogP contribution in [-0.2, 0) is 24.2 Å². The van der Waals surface area contributed by atoms with E-state index >= 15 is 0 Å². The molecule has 0 heterocycles. The standard InChI is InChI=1S/C25H21F6/c1-16-7-11-18(12-8-16)23(3,19-13-9-17(2)10-14-19)15-20-21(24(26,27)28)5-4-6-22(20)25(29,30)31/h5-14H,15H2,1-3H3. The van der Waals surface area contributed by atoms with E-state index < -0.39 is 40.9 Å². The van der Waals surface area contributed by atoms with Crippen molar-refractivity contribution in [1.82, 2.24) is 0 Å². The van der Waals surface area contributed by atoms with Gasteiger partial charge in [0.25, 0.3) is 0 Å². The highest BCUT2D eigenvalue weighted by molar-refractivity contribution is 5.47. The van der Waals surface area contributed by atoms with Crippen molar-refractivity contribution in [3.05, 3.63) is 106 Å². The molecule has 0 unspecified atom stereocenters. The maximum atomic E-state index is 13.7. The molecule has 3 aromatic rings. The van der Waals surface area contributed by atoms with Crippen molar-refractivity contribution in [1.29, 1.82) is 0 Å². The SMILES string of the molecule is Cc1ccc(C(C)(Cc2c(C(F)(F)F)c[c]cc2C(F)(F)F)c2ccc(C)cc2)cc1. The molecule has 163 valence electrons. The third kappa shape index (κ3) is 4.78. The number of halogens is 6. The summed E-state index contributed by atoms with van der Waals surface area (Å²) in [4.78, 5) is 0. The number of hydrogen-bond acceptors (Lipinski definition) is 0. The normalized spacial score (nSPS) is 12.8. The van der Waals surface area contributed by atoms with Gasteiger partial charge in [0.15, 0.2) is 0 Å². The molecule has 0 nitrogen and oxygen atoms in total. The summed E-state index contributed by atoms with van der Waals surface area (Å²) in [5.74, 6) is 0. The van der Waals surface area contributed by atoms with E-state index in [-0.39, 0.29) is 0 Å². The van der Waals surface area contributed by atoms with E-state index in [4.69, 9.17) is 0 Å². The van der Waals surface area contributed by atoms with E-state index in [9.17, 15) is 26.3 Å². The minimum Gasteiger partial charge on any atom is -0.166 e. The number of benzene rings is 3. The van der Waals surface area contributed by atoms with Gasteiger partial charge in [0.1, 0.15) is 0 Å². The molecule has 0 atom stereocenters. The van der Waals surface area contributed by atoms with E-state index in [2.05, 4.69) is 0 Å². The molecule has 0 aliphatic carbocycles. The average Bonchev–Trinajstić information content (AvgIpc) is 2.67. The molecule has 6 heteroatoms. The van der Waals surface area contributed by atoms with Gasteiger partial charge in [-0.05, 0) is 55.2 Å². The third-order valence-electron chi connectivity index (χ3n) is 5.62. The Hall–Kier alpha value is -2.76. The van der Waals surface area contributed by atoms with Gasteiger partial charge in [-0.2, -0.15) is 26.3 Å². The lowest BCUT2D eigenvalue weighted by Gasteiger charge is -2.33. The van der Waals surface area contributed by atoms with Gasteiger partial charge in [0.05, 0.1) is 11.1 Å². The smallest absolute Gasteiger partial charge is 0.166 e. The molecule has 0 N–H and O–H groups in total. The molecule has 0 aromatic heterocycles. The molecule has 0 fully saturated rings. The summed E-state index contributed by atoms with van der Waals surface area (Å²) in [6, 6.07) is 17.4. The summed E-state index contributed by atoms with van der Waals surface area (Å²) in [7, 11) is 0. The quantitative estimate of drug-likeness (QED) is 0.369. The van der Waals surface area contributed by atoms with Gasteiger partial charge in [-0.25, -0.2) is 0 Å². The molecule has 0 aliphatic heterocycles. The molecule has 3 aromatic carbocycles. The Balaban J connectivity index is 2.28. The first-order chi connectivity index (χ1) is 14.3. The van der Waals surface area contributed by atoms with E-state index in [1.54, 1.807) is 55.5 Å². The second-order valence-corrected chi connectivity index (χ2v) is 8.00. The fraction of sp³-hybridized carbons (Fsp3) is 0.280. The average molecular weight is 435 g/mol. The van der Waals surface area contributed by atoms with Crippen LogP contribution in [-0.4, -0.2) is 0 Å². The van der Waals surface area contributed by atoms with Crippen LogP contribution in [0.3, 0.4) is 0 Å². The lowest BCUT2D eigenvalue weighted by molar-refractivity contribution is -0.144. The Kier molecular flexibility index (Phi) is 5.96. The van der Waals surface area contributed by atoms with E-state index in [0.717, 1.165) is 11.1 Å². The lowest BCUT2D eigenvalue weighted by Crippen LogP contribution is -2.30. The largest absolute Gasteiger partial charge is 0.416 e. The Morgan fingerprint density at radius 3 is 1.32 bits per heavy atom. The fourth-order valence-electron chi connectivity index (χ4n) is 3.79. The van der Waals surface area contributed by atoms with Gasteiger partial charge in [-0.3, -0.25) is 0 Å². The number of hydrogen-bond donors (Lipinski definition) is 0. The van der Waals surface area contributed by atoms with Crippen LogP contribution in [0.25, 0.3) is 0 Å². The van der Waals surface area contributed by atoms with Crippen molar-refractivity contribution < 1.29 is 26.3 Å². The topological polar surface area (TPSA) is 0 Å². The Morgan fingerprint density at radius 2 is 1.00 bits per heavy atom. The first-order valence-corrected chi connectivity index (χ1v) is 9.64. The summed E-state index contributed by atoms with van der Waals surface area (Å²) in [5.41, 5.74) is -1.37.